The third kappa shape index (κ3) is 4.21. The van der Waals surface area contributed by atoms with Gasteiger partial charge in [-0.15, -0.1) is 0 Å². The Balaban J connectivity index is 1.82. The van der Waals surface area contributed by atoms with E-state index in [-0.39, 0.29) is 17.5 Å². The number of nitrogens with one attached hydrogen (secondary N) is 2. The van der Waals surface area contributed by atoms with E-state index in [0.29, 0.717) is 11.4 Å². The van der Waals surface area contributed by atoms with Crippen molar-refractivity contribution in [1.82, 2.24) is 9.97 Å². The molecule has 5 nitrogen and oxygen atoms in total. The summed E-state index contributed by atoms with van der Waals surface area (Å²) in [5.74, 6) is 1.14. The highest BCUT2D eigenvalue weighted by molar-refractivity contribution is 5.63. The number of aromatic nitrogens is 2. The van der Waals surface area contributed by atoms with Gasteiger partial charge in [0.15, 0.2) is 0 Å². The van der Waals surface area contributed by atoms with E-state index in [4.69, 9.17) is 4.74 Å². The van der Waals surface area contributed by atoms with Crippen molar-refractivity contribution < 1.29 is 17.9 Å². The molecule has 0 spiro atoms. The van der Waals surface area contributed by atoms with Gasteiger partial charge in [-0.3, -0.25) is 0 Å². The first-order valence-electron chi connectivity index (χ1n) is 7.63. The maximum atomic E-state index is 13.1. The van der Waals surface area contributed by atoms with Gasteiger partial charge >= 0.3 is 6.18 Å². The Morgan fingerprint density at radius 2 is 1.77 bits per heavy atom. The van der Waals surface area contributed by atoms with Crippen LogP contribution in [0, 0.1) is 0 Å². The predicted octanol–water partition coefficient (Wildman–Crippen LogP) is 4.99. The minimum absolute atomic E-state index is 0.0777. The summed E-state index contributed by atoms with van der Waals surface area (Å²) in [5.41, 5.74) is -0.149. The van der Waals surface area contributed by atoms with E-state index in [0.717, 1.165) is 6.07 Å². The number of ether oxygens (including phenoxy) is 1. The molecule has 3 rings (SSSR count). The van der Waals surface area contributed by atoms with Crippen LogP contribution in [0.2, 0.25) is 0 Å². The molecule has 0 bridgehead atoms. The predicted molar refractivity (Wildman–Crippen MR) is 93.0 cm³/mol. The number of benzene rings is 2. The van der Waals surface area contributed by atoms with Gasteiger partial charge in [-0.25, -0.2) is 4.98 Å². The van der Waals surface area contributed by atoms with E-state index in [9.17, 15) is 13.2 Å². The van der Waals surface area contributed by atoms with Crippen LogP contribution < -0.4 is 15.4 Å². The fourth-order valence-corrected chi connectivity index (χ4v) is 2.30. The maximum Gasteiger partial charge on any atom is 0.418 e. The zero-order chi connectivity index (χ0) is 18.6. The minimum Gasteiger partial charge on any atom is -0.497 e. The van der Waals surface area contributed by atoms with Gasteiger partial charge < -0.3 is 15.4 Å². The molecule has 0 radical (unpaired) electrons. The van der Waals surface area contributed by atoms with Crippen molar-refractivity contribution in [1.29, 1.82) is 0 Å². The first-order valence-corrected chi connectivity index (χ1v) is 7.63. The smallest absolute Gasteiger partial charge is 0.418 e. The number of halogens is 3. The number of hydrogen-bond donors (Lipinski definition) is 2. The summed E-state index contributed by atoms with van der Waals surface area (Å²) in [7, 11) is 1.55. The first-order chi connectivity index (χ1) is 12.5. The van der Waals surface area contributed by atoms with E-state index in [1.54, 1.807) is 31.4 Å². The molecule has 134 valence electrons. The van der Waals surface area contributed by atoms with Crippen LogP contribution in [0.25, 0.3) is 0 Å². The third-order valence-electron chi connectivity index (χ3n) is 3.48. The number of alkyl halides is 3. The Morgan fingerprint density at radius 1 is 0.962 bits per heavy atom. The number of nitrogens with zero attached hydrogens (tertiary/aromatic N) is 2. The normalized spacial score (nSPS) is 11.1. The SMILES string of the molecule is COc1cccc(Nc2nccc(Nc3ccccc3C(F)(F)F)n2)c1. The zero-order valence-electron chi connectivity index (χ0n) is 13.7. The second kappa shape index (κ2) is 7.30. The Kier molecular flexibility index (Phi) is 4.92. The first kappa shape index (κ1) is 17.5. The van der Waals surface area contributed by atoms with Crippen molar-refractivity contribution in [2.45, 2.75) is 6.18 Å². The quantitative estimate of drug-likeness (QED) is 0.671. The molecule has 2 N–H and O–H groups in total. The van der Waals surface area contributed by atoms with Crippen LogP contribution in [-0.4, -0.2) is 17.1 Å². The lowest BCUT2D eigenvalue weighted by molar-refractivity contribution is -0.136. The van der Waals surface area contributed by atoms with Crippen molar-refractivity contribution >= 4 is 23.1 Å². The average molecular weight is 360 g/mol. The molecule has 0 aliphatic heterocycles. The molecule has 0 atom stereocenters. The summed E-state index contributed by atoms with van der Waals surface area (Å²) in [6.07, 6.45) is -3.01. The van der Waals surface area contributed by atoms with Crippen LogP contribution in [0.1, 0.15) is 5.56 Å². The molecule has 1 aromatic heterocycles. The van der Waals surface area contributed by atoms with Gasteiger partial charge in [0.2, 0.25) is 5.95 Å². The molecular weight excluding hydrogens is 345 g/mol. The Hall–Kier alpha value is -3.29. The summed E-state index contributed by atoms with van der Waals surface area (Å²) in [4.78, 5) is 8.28. The van der Waals surface area contributed by atoms with Gasteiger partial charge in [-0.2, -0.15) is 18.2 Å². The van der Waals surface area contributed by atoms with Gasteiger partial charge in [0.1, 0.15) is 11.6 Å². The van der Waals surface area contributed by atoms with Crippen LogP contribution in [-0.2, 0) is 6.18 Å². The molecule has 8 heteroatoms. The summed E-state index contributed by atoms with van der Waals surface area (Å²) >= 11 is 0. The standard InChI is InChI=1S/C18H15F3N4O/c1-26-13-6-4-5-12(11-13)23-17-22-10-9-16(25-17)24-15-8-3-2-7-14(15)18(19,20)21/h2-11H,1H3,(H2,22,23,24,25). The van der Waals surface area contributed by atoms with Crippen molar-refractivity contribution in [3.63, 3.8) is 0 Å². The molecule has 0 fully saturated rings. The van der Waals surface area contributed by atoms with Crippen LogP contribution >= 0.6 is 0 Å². The van der Waals surface area contributed by atoms with Crippen molar-refractivity contribution in [3.05, 3.63) is 66.4 Å². The molecule has 0 unspecified atom stereocenters. The molecule has 0 saturated carbocycles. The highest BCUT2D eigenvalue weighted by atomic mass is 19.4. The number of methoxy groups -OCH3 is 1. The molecule has 0 amide bonds. The number of para-hydroxylation sites is 1. The van der Waals surface area contributed by atoms with Crippen LogP contribution in [0.4, 0.5) is 36.3 Å². The lowest BCUT2D eigenvalue weighted by Crippen LogP contribution is -2.09. The van der Waals surface area contributed by atoms with E-state index in [1.807, 2.05) is 0 Å². The molecule has 1 heterocycles. The van der Waals surface area contributed by atoms with Gasteiger partial charge in [0.05, 0.1) is 18.4 Å². The largest absolute Gasteiger partial charge is 0.497 e. The van der Waals surface area contributed by atoms with Gasteiger partial charge in [-0.05, 0) is 30.3 Å². The summed E-state index contributed by atoms with van der Waals surface area (Å²) in [6, 6.07) is 13.8. The van der Waals surface area contributed by atoms with Crippen molar-refractivity contribution in [3.8, 4) is 5.75 Å². The van der Waals surface area contributed by atoms with E-state index >= 15 is 0 Å². The van der Waals surface area contributed by atoms with Crippen molar-refractivity contribution in [2.75, 3.05) is 17.7 Å². The average Bonchev–Trinajstić information content (AvgIpc) is 2.62. The van der Waals surface area contributed by atoms with Crippen molar-refractivity contribution in [2.24, 2.45) is 0 Å². The Morgan fingerprint density at radius 3 is 2.54 bits per heavy atom. The van der Waals surface area contributed by atoms with Crippen LogP contribution in [0.5, 0.6) is 5.75 Å². The zero-order valence-corrected chi connectivity index (χ0v) is 13.7. The van der Waals surface area contributed by atoms with Crippen LogP contribution in [0.15, 0.2) is 60.8 Å². The lowest BCUT2D eigenvalue weighted by Gasteiger charge is -2.14. The Bertz CT molecular complexity index is 899. The molecular formula is C18H15F3N4O. The summed E-state index contributed by atoms with van der Waals surface area (Å²) in [5, 5.41) is 5.68. The van der Waals surface area contributed by atoms with E-state index < -0.39 is 11.7 Å². The highest BCUT2D eigenvalue weighted by Crippen LogP contribution is 2.35. The molecule has 26 heavy (non-hydrogen) atoms. The minimum atomic E-state index is -4.46. The molecule has 2 aromatic carbocycles. The summed E-state index contributed by atoms with van der Waals surface area (Å²) < 4.78 is 44.4. The highest BCUT2D eigenvalue weighted by Gasteiger charge is 2.33. The second-order valence-electron chi connectivity index (χ2n) is 5.29. The molecule has 0 aliphatic rings. The van der Waals surface area contributed by atoms with Gasteiger partial charge in [-0.1, -0.05) is 18.2 Å². The van der Waals surface area contributed by atoms with Gasteiger partial charge in [0, 0.05) is 18.0 Å². The number of rotatable bonds is 5. The van der Waals surface area contributed by atoms with E-state index in [2.05, 4.69) is 20.6 Å². The topological polar surface area (TPSA) is 59.1 Å². The fraction of sp³-hybridized carbons (Fsp3) is 0.111. The molecule has 0 aliphatic carbocycles. The van der Waals surface area contributed by atoms with E-state index in [1.165, 1.54) is 30.5 Å². The Labute approximate surface area is 147 Å². The number of anilines is 4. The summed E-state index contributed by atoms with van der Waals surface area (Å²) in [6.45, 7) is 0. The third-order valence-corrected chi connectivity index (χ3v) is 3.48. The van der Waals surface area contributed by atoms with Gasteiger partial charge in [0.25, 0.3) is 0 Å². The van der Waals surface area contributed by atoms with Crippen LogP contribution in [0.3, 0.4) is 0 Å². The monoisotopic (exact) mass is 360 g/mol. The number of hydrogen-bond acceptors (Lipinski definition) is 5. The maximum absolute atomic E-state index is 13.1. The molecule has 3 aromatic rings. The molecule has 0 saturated heterocycles. The lowest BCUT2D eigenvalue weighted by atomic mass is 10.1. The second-order valence-corrected chi connectivity index (χ2v) is 5.29. The fourth-order valence-electron chi connectivity index (χ4n) is 2.30.